The predicted molar refractivity (Wildman–Crippen MR) is 121 cm³/mol. The van der Waals surface area contributed by atoms with E-state index in [1.165, 1.54) is 11.0 Å². The van der Waals surface area contributed by atoms with E-state index in [2.05, 4.69) is 27.4 Å². The van der Waals surface area contributed by atoms with Crippen molar-refractivity contribution >= 4 is 12.1 Å². The Morgan fingerprint density at radius 2 is 1.81 bits per heavy atom. The molecule has 1 amide bonds. The molecule has 6 heteroatoms. The van der Waals surface area contributed by atoms with E-state index < -0.39 is 41.6 Å². The van der Waals surface area contributed by atoms with Gasteiger partial charge < -0.3 is 14.6 Å². The first kappa shape index (κ1) is 24.9. The highest BCUT2D eigenvalue weighted by Gasteiger charge is 2.58. The van der Waals surface area contributed by atoms with Crippen molar-refractivity contribution in [1.29, 1.82) is 0 Å². The first-order valence-corrected chi connectivity index (χ1v) is 10.9. The zero-order valence-electron chi connectivity index (χ0n) is 19.8. The van der Waals surface area contributed by atoms with E-state index in [4.69, 9.17) is 9.47 Å². The van der Waals surface area contributed by atoms with Gasteiger partial charge in [-0.1, -0.05) is 78.5 Å². The van der Waals surface area contributed by atoms with Crippen molar-refractivity contribution in [1.82, 2.24) is 4.90 Å². The van der Waals surface area contributed by atoms with Crippen LogP contribution in [0.4, 0.5) is 4.79 Å². The summed E-state index contributed by atoms with van der Waals surface area (Å²) < 4.78 is 10.7. The van der Waals surface area contributed by atoms with Crippen LogP contribution in [0.2, 0.25) is 0 Å². The maximum atomic E-state index is 13.1. The van der Waals surface area contributed by atoms with Gasteiger partial charge in [0.15, 0.2) is 0 Å². The summed E-state index contributed by atoms with van der Waals surface area (Å²) in [5, 5.41) is 11.5. The second-order valence-electron chi connectivity index (χ2n) is 10.2. The Morgan fingerprint density at radius 1 is 1.16 bits per heavy atom. The van der Waals surface area contributed by atoms with Crippen LogP contribution in [0.15, 0.2) is 36.9 Å². The van der Waals surface area contributed by atoms with Crippen LogP contribution in [0.25, 0.3) is 0 Å². The molecule has 0 saturated carbocycles. The van der Waals surface area contributed by atoms with Gasteiger partial charge in [0.25, 0.3) is 0 Å². The van der Waals surface area contributed by atoms with Gasteiger partial charge in [0.2, 0.25) is 0 Å². The summed E-state index contributed by atoms with van der Waals surface area (Å²) in [5.74, 6) is -1.07. The van der Waals surface area contributed by atoms with E-state index >= 15 is 0 Å². The molecule has 0 spiro atoms. The quantitative estimate of drug-likeness (QED) is 0.544. The van der Waals surface area contributed by atoms with E-state index in [1.54, 1.807) is 6.92 Å². The second-order valence-corrected chi connectivity index (χ2v) is 10.2. The molecular weight excluding hydrogens is 394 g/mol. The van der Waals surface area contributed by atoms with Gasteiger partial charge in [-0.05, 0) is 28.9 Å². The number of amides is 1. The third kappa shape index (κ3) is 5.29. The molecule has 1 aromatic carbocycles. The molecule has 2 rings (SSSR count). The highest BCUT2D eigenvalue weighted by atomic mass is 16.6. The number of benzene rings is 1. The van der Waals surface area contributed by atoms with Gasteiger partial charge in [0.05, 0.1) is 18.8 Å². The Labute approximate surface area is 186 Å². The van der Waals surface area contributed by atoms with E-state index in [0.29, 0.717) is 0 Å². The van der Waals surface area contributed by atoms with Gasteiger partial charge in [0.1, 0.15) is 12.6 Å². The molecule has 1 fully saturated rings. The Hall–Kier alpha value is -2.34. The van der Waals surface area contributed by atoms with Crippen molar-refractivity contribution in [3.05, 3.63) is 48.0 Å². The lowest BCUT2D eigenvalue weighted by molar-refractivity contribution is -0.151. The fraction of sp³-hybridized carbons (Fsp3) is 0.600. The number of hydrogen-bond acceptors (Lipinski definition) is 5. The van der Waals surface area contributed by atoms with E-state index in [-0.39, 0.29) is 18.6 Å². The lowest BCUT2D eigenvalue weighted by atomic mass is 9.73. The van der Waals surface area contributed by atoms with Crippen molar-refractivity contribution in [3.8, 4) is 0 Å². The Morgan fingerprint density at radius 3 is 2.32 bits per heavy atom. The highest BCUT2D eigenvalue weighted by Crippen LogP contribution is 2.48. The molecule has 1 aliphatic rings. The largest absolute Gasteiger partial charge is 0.464 e. The summed E-state index contributed by atoms with van der Waals surface area (Å²) in [5.41, 5.74) is 1.25. The number of aliphatic hydroxyl groups is 1. The van der Waals surface area contributed by atoms with Gasteiger partial charge in [-0.15, -0.1) is 0 Å². The number of ether oxygens (including phenoxy) is 2. The smallest absolute Gasteiger partial charge is 0.411 e. The highest BCUT2D eigenvalue weighted by molar-refractivity contribution is 5.83. The van der Waals surface area contributed by atoms with Crippen molar-refractivity contribution in [2.45, 2.75) is 72.1 Å². The van der Waals surface area contributed by atoms with Crippen molar-refractivity contribution in [2.75, 3.05) is 13.2 Å². The lowest BCUT2D eigenvalue weighted by Gasteiger charge is -2.34. The van der Waals surface area contributed by atoms with Gasteiger partial charge in [-0.25, -0.2) is 9.59 Å². The molecule has 1 aromatic rings. The fourth-order valence-corrected chi connectivity index (χ4v) is 4.35. The minimum Gasteiger partial charge on any atom is -0.464 e. The van der Waals surface area contributed by atoms with Gasteiger partial charge in [-0.2, -0.15) is 0 Å². The Bertz CT molecular complexity index is 805. The molecule has 0 unspecified atom stereocenters. The maximum Gasteiger partial charge on any atom is 0.411 e. The van der Waals surface area contributed by atoms with Crippen LogP contribution in [0.3, 0.4) is 0 Å². The van der Waals surface area contributed by atoms with Crippen LogP contribution < -0.4 is 0 Å². The number of nitrogens with zero attached hydrogens (tertiary/aromatic N) is 1. The number of hydrogen-bond donors (Lipinski definition) is 1. The van der Waals surface area contributed by atoms with Crippen LogP contribution in [0.1, 0.15) is 65.6 Å². The summed E-state index contributed by atoms with van der Waals surface area (Å²) in [7, 11) is 0. The van der Waals surface area contributed by atoms with Crippen LogP contribution >= 0.6 is 0 Å². The summed E-state index contributed by atoms with van der Waals surface area (Å²) in [6, 6.07) is 6.11. The van der Waals surface area contributed by atoms with E-state index in [0.717, 1.165) is 11.1 Å². The normalized spacial score (nSPS) is 24.1. The average Bonchev–Trinajstić information content (AvgIpc) is 2.99. The SMILES string of the molecule is C=CCOC(=O)N1[C@H](C(=O)OCC)[C@@H](C(C)(C)C)[C@H](O)[C@@H]1c1cccc(C(C)(C)C)c1. The number of likely N-dealkylation sites (tertiary alicyclic amines) is 1. The Kier molecular flexibility index (Phi) is 7.58. The topological polar surface area (TPSA) is 76.1 Å². The average molecular weight is 432 g/mol. The van der Waals surface area contributed by atoms with Crippen LogP contribution in [-0.4, -0.2) is 47.4 Å². The molecule has 1 aliphatic heterocycles. The molecule has 0 radical (unpaired) electrons. The molecular formula is C25H37NO5. The van der Waals surface area contributed by atoms with Gasteiger partial charge >= 0.3 is 12.1 Å². The van der Waals surface area contributed by atoms with Crippen molar-refractivity contribution in [2.24, 2.45) is 11.3 Å². The molecule has 1 N–H and O–H groups in total. The number of carbonyl (C=O) groups excluding carboxylic acids is 2. The molecule has 6 nitrogen and oxygen atoms in total. The number of carbonyl (C=O) groups is 2. The fourth-order valence-electron chi connectivity index (χ4n) is 4.35. The third-order valence-corrected chi connectivity index (χ3v) is 5.79. The molecule has 31 heavy (non-hydrogen) atoms. The third-order valence-electron chi connectivity index (χ3n) is 5.79. The van der Waals surface area contributed by atoms with Crippen molar-refractivity contribution in [3.63, 3.8) is 0 Å². The van der Waals surface area contributed by atoms with Crippen LogP contribution in [0, 0.1) is 11.3 Å². The van der Waals surface area contributed by atoms with Crippen LogP contribution in [-0.2, 0) is 19.7 Å². The number of aliphatic hydroxyl groups excluding tert-OH is 1. The zero-order valence-corrected chi connectivity index (χ0v) is 19.8. The molecule has 1 heterocycles. The summed E-state index contributed by atoms with van der Waals surface area (Å²) in [6.07, 6.45) is -0.170. The van der Waals surface area contributed by atoms with Crippen LogP contribution in [0.5, 0.6) is 0 Å². The summed E-state index contributed by atoms with van der Waals surface area (Å²) in [6.45, 7) is 17.7. The molecule has 172 valence electrons. The first-order valence-electron chi connectivity index (χ1n) is 10.9. The van der Waals surface area contributed by atoms with E-state index in [9.17, 15) is 14.7 Å². The second kappa shape index (κ2) is 9.43. The minimum atomic E-state index is -0.971. The van der Waals surface area contributed by atoms with Gasteiger partial charge in [0, 0.05) is 5.92 Å². The van der Waals surface area contributed by atoms with E-state index in [1.807, 2.05) is 45.0 Å². The molecule has 0 aromatic heterocycles. The monoisotopic (exact) mass is 431 g/mol. The number of rotatable bonds is 5. The lowest BCUT2D eigenvalue weighted by Crippen LogP contribution is -2.48. The van der Waals surface area contributed by atoms with Crippen molar-refractivity contribution < 1.29 is 24.2 Å². The molecule has 0 aliphatic carbocycles. The first-order chi connectivity index (χ1) is 14.3. The number of esters is 1. The molecule has 0 bridgehead atoms. The molecule has 1 saturated heterocycles. The van der Waals surface area contributed by atoms with Gasteiger partial charge in [-0.3, -0.25) is 4.90 Å². The predicted octanol–water partition coefficient (Wildman–Crippen LogP) is 4.62. The maximum absolute atomic E-state index is 13.1. The minimum absolute atomic E-state index is 0.00983. The zero-order chi connectivity index (χ0) is 23.6. The Balaban J connectivity index is 2.66. The summed E-state index contributed by atoms with van der Waals surface area (Å²) in [4.78, 5) is 27.5. The standard InChI is InChI=1S/C25H37NO5/c1-9-14-31-23(29)26-19(16-12-11-13-17(15-16)24(3,4)5)21(27)18(25(6,7)8)20(26)22(28)30-10-2/h9,11-13,15,18-21,27H,1,10,14H2,2-8H3/t18-,19+,20+,21+/m1/s1. The summed E-state index contributed by atoms with van der Waals surface area (Å²) >= 11 is 0. The molecule has 4 atom stereocenters.